The molecule has 3 rings (SSSR count). The number of nitrogens with zero attached hydrogens (tertiary/aromatic N) is 2. The molecule has 0 spiro atoms. The van der Waals surface area contributed by atoms with E-state index >= 15 is 0 Å². The summed E-state index contributed by atoms with van der Waals surface area (Å²) >= 11 is 18.6. The molecule has 0 aliphatic heterocycles. The summed E-state index contributed by atoms with van der Waals surface area (Å²) in [5, 5.41) is 23.6. The highest BCUT2D eigenvalue weighted by molar-refractivity contribution is 9.11. The predicted molar refractivity (Wildman–Crippen MR) is 138 cm³/mol. The molecule has 7 nitrogen and oxygen atoms in total. The molecule has 0 aromatic heterocycles. The molecule has 3 aromatic carbocycles. The summed E-state index contributed by atoms with van der Waals surface area (Å²) in [6, 6.07) is 16.3. The minimum absolute atomic E-state index is 0.0629. The Kier molecular flexibility index (Phi) is 8.69. The number of ether oxygens (including phenoxy) is 1. The fourth-order valence-corrected chi connectivity index (χ4v) is 4.54. The van der Waals surface area contributed by atoms with Crippen LogP contribution >= 0.6 is 55.1 Å². The van der Waals surface area contributed by atoms with Crippen LogP contribution in [0.15, 0.2) is 69.1 Å². The monoisotopic (exact) mass is 623 g/mol. The molecule has 11 heteroatoms. The molecule has 34 heavy (non-hydrogen) atoms. The number of halogens is 4. The van der Waals surface area contributed by atoms with Gasteiger partial charge in [0.15, 0.2) is 0 Å². The molecule has 0 unspecified atom stereocenters. The number of benzene rings is 3. The minimum Gasteiger partial charge on any atom is -0.487 e. The van der Waals surface area contributed by atoms with Gasteiger partial charge < -0.3 is 10.1 Å². The van der Waals surface area contributed by atoms with Crippen molar-refractivity contribution in [3.05, 3.63) is 100 Å². The first-order valence-electron chi connectivity index (χ1n) is 9.41. The summed E-state index contributed by atoms with van der Waals surface area (Å²) in [5.41, 5.74) is 1.05. The van der Waals surface area contributed by atoms with Crippen molar-refractivity contribution in [2.75, 3.05) is 5.32 Å². The standard InChI is InChI=1S/C23H13Br2Cl2N3O4/c24-18-8-14(9-19(25)22(18)34-12-13-1-3-16(26)4-2-13)7-15(11-28)23(31)29-17-5-6-20(27)21(10-17)30(32)33/h1-10H,12H2,(H,29,31)/b15-7+. The maximum Gasteiger partial charge on any atom is 0.289 e. The summed E-state index contributed by atoms with van der Waals surface area (Å²) in [6.45, 7) is 0.308. The number of hydrogen-bond donors (Lipinski definition) is 1. The van der Waals surface area contributed by atoms with Crippen molar-refractivity contribution in [3.8, 4) is 11.8 Å². The van der Waals surface area contributed by atoms with Crippen LogP contribution in [0.5, 0.6) is 5.75 Å². The van der Waals surface area contributed by atoms with Gasteiger partial charge in [-0.05, 0) is 85.5 Å². The second-order valence-corrected chi connectivity index (χ2v) is 9.33. The Balaban J connectivity index is 1.78. The molecule has 0 aliphatic carbocycles. The van der Waals surface area contributed by atoms with Crippen molar-refractivity contribution in [1.29, 1.82) is 5.26 Å². The molecule has 0 radical (unpaired) electrons. The lowest BCUT2D eigenvalue weighted by Crippen LogP contribution is -2.13. The van der Waals surface area contributed by atoms with Gasteiger partial charge >= 0.3 is 0 Å². The van der Waals surface area contributed by atoms with E-state index in [1.165, 1.54) is 18.2 Å². The van der Waals surface area contributed by atoms with Crippen molar-refractivity contribution in [2.45, 2.75) is 6.61 Å². The largest absolute Gasteiger partial charge is 0.487 e. The lowest BCUT2D eigenvalue weighted by molar-refractivity contribution is -0.384. The number of nitro groups is 1. The van der Waals surface area contributed by atoms with Crippen LogP contribution in [0.25, 0.3) is 6.08 Å². The van der Waals surface area contributed by atoms with Gasteiger partial charge in [0.25, 0.3) is 11.6 Å². The molecule has 0 aliphatic rings. The topological polar surface area (TPSA) is 105 Å². The van der Waals surface area contributed by atoms with E-state index in [1.54, 1.807) is 24.3 Å². The SMILES string of the molecule is N#C/C(=C\c1cc(Br)c(OCc2ccc(Cl)cc2)c(Br)c1)C(=O)Nc1ccc(Cl)c([N+](=O)[O-])c1. The zero-order valence-electron chi connectivity index (χ0n) is 17.0. The normalized spacial score (nSPS) is 11.0. The second-order valence-electron chi connectivity index (χ2n) is 6.78. The average molecular weight is 626 g/mol. The van der Waals surface area contributed by atoms with E-state index in [-0.39, 0.29) is 22.0 Å². The average Bonchev–Trinajstić information content (AvgIpc) is 2.79. The summed E-state index contributed by atoms with van der Waals surface area (Å²) in [4.78, 5) is 23.0. The Hall–Kier alpha value is -2.90. The van der Waals surface area contributed by atoms with Crippen LogP contribution in [0, 0.1) is 21.4 Å². The third-order valence-corrected chi connectivity index (χ3v) is 6.14. The summed E-state index contributed by atoms with van der Waals surface area (Å²) in [6.07, 6.45) is 1.39. The molecule has 0 saturated heterocycles. The minimum atomic E-state index is -0.727. The van der Waals surface area contributed by atoms with Crippen LogP contribution in [0.3, 0.4) is 0 Å². The first-order chi connectivity index (χ1) is 16.2. The highest BCUT2D eigenvalue weighted by Gasteiger charge is 2.16. The number of nitro benzene ring substituents is 1. The lowest BCUT2D eigenvalue weighted by atomic mass is 10.1. The smallest absolute Gasteiger partial charge is 0.289 e. The molecule has 1 amide bonds. The van der Waals surface area contributed by atoms with Crippen LogP contribution in [0.4, 0.5) is 11.4 Å². The Morgan fingerprint density at radius 2 is 1.76 bits per heavy atom. The summed E-state index contributed by atoms with van der Waals surface area (Å²) < 4.78 is 7.09. The van der Waals surface area contributed by atoms with Crippen molar-refractivity contribution in [3.63, 3.8) is 0 Å². The highest BCUT2D eigenvalue weighted by Crippen LogP contribution is 2.36. The van der Waals surface area contributed by atoms with E-state index in [1.807, 2.05) is 18.2 Å². The number of carbonyl (C=O) groups excluding carboxylic acids is 1. The molecule has 172 valence electrons. The van der Waals surface area contributed by atoms with Crippen LogP contribution in [0.2, 0.25) is 10.0 Å². The van der Waals surface area contributed by atoms with Crippen molar-refractivity contribution < 1.29 is 14.5 Å². The zero-order chi connectivity index (χ0) is 24.8. The fourth-order valence-electron chi connectivity index (χ4n) is 2.78. The van der Waals surface area contributed by atoms with Gasteiger partial charge in [-0.25, -0.2) is 0 Å². The van der Waals surface area contributed by atoms with Gasteiger partial charge in [0.05, 0.1) is 13.9 Å². The Bertz CT molecular complexity index is 1320. The number of nitrogens with one attached hydrogen (secondary N) is 1. The molecular weight excluding hydrogens is 613 g/mol. The van der Waals surface area contributed by atoms with Crippen LogP contribution in [0.1, 0.15) is 11.1 Å². The zero-order valence-corrected chi connectivity index (χ0v) is 21.7. The van der Waals surface area contributed by atoms with Gasteiger partial charge in [-0.2, -0.15) is 5.26 Å². The summed E-state index contributed by atoms with van der Waals surface area (Å²) in [7, 11) is 0. The fraction of sp³-hybridized carbons (Fsp3) is 0.0435. The number of anilines is 1. The molecule has 0 saturated carbocycles. The second kappa shape index (κ2) is 11.5. The molecule has 0 heterocycles. The lowest BCUT2D eigenvalue weighted by Gasteiger charge is -2.12. The van der Waals surface area contributed by atoms with E-state index in [0.29, 0.717) is 31.9 Å². The first-order valence-corrected chi connectivity index (χ1v) is 11.8. The van der Waals surface area contributed by atoms with Gasteiger partial charge in [-0.3, -0.25) is 14.9 Å². The maximum absolute atomic E-state index is 12.6. The predicted octanol–water partition coefficient (Wildman–Crippen LogP) is 7.55. The van der Waals surface area contributed by atoms with Crippen molar-refractivity contribution >= 4 is 78.4 Å². The van der Waals surface area contributed by atoms with E-state index in [4.69, 9.17) is 27.9 Å². The third-order valence-electron chi connectivity index (χ3n) is 4.39. The van der Waals surface area contributed by atoms with Gasteiger partial charge in [-0.1, -0.05) is 35.3 Å². The van der Waals surface area contributed by atoms with E-state index < -0.39 is 10.8 Å². The van der Waals surface area contributed by atoms with E-state index in [9.17, 15) is 20.2 Å². The molecule has 1 N–H and O–H groups in total. The van der Waals surface area contributed by atoms with Crippen LogP contribution in [-0.4, -0.2) is 10.8 Å². The molecule has 0 fully saturated rings. The number of amides is 1. The number of carbonyl (C=O) groups is 1. The molecule has 0 bridgehead atoms. The third kappa shape index (κ3) is 6.58. The van der Waals surface area contributed by atoms with Gasteiger partial charge in [0.2, 0.25) is 0 Å². The Morgan fingerprint density at radius 3 is 2.35 bits per heavy atom. The van der Waals surface area contributed by atoms with Crippen molar-refractivity contribution in [1.82, 2.24) is 0 Å². The molecule has 0 atom stereocenters. The summed E-state index contributed by atoms with van der Waals surface area (Å²) in [5.74, 6) is -0.182. The first kappa shape index (κ1) is 25.7. The van der Waals surface area contributed by atoms with E-state index in [0.717, 1.165) is 11.6 Å². The van der Waals surface area contributed by atoms with Gasteiger partial charge in [0.1, 0.15) is 29.0 Å². The van der Waals surface area contributed by atoms with Gasteiger partial charge in [-0.15, -0.1) is 0 Å². The van der Waals surface area contributed by atoms with Crippen LogP contribution < -0.4 is 10.1 Å². The van der Waals surface area contributed by atoms with E-state index in [2.05, 4.69) is 37.2 Å². The Morgan fingerprint density at radius 1 is 1.12 bits per heavy atom. The maximum atomic E-state index is 12.6. The quantitative estimate of drug-likeness (QED) is 0.126. The van der Waals surface area contributed by atoms with Crippen LogP contribution in [-0.2, 0) is 11.4 Å². The Labute approximate surface area is 221 Å². The van der Waals surface area contributed by atoms with Crippen molar-refractivity contribution in [2.24, 2.45) is 0 Å². The number of rotatable bonds is 7. The highest BCUT2D eigenvalue weighted by atomic mass is 79.9. The molecule has 3 aromatic rings. The van der Waals surface area contributed by atoms with Gasteiger partial charge in [0, 0.05) is 16.8 Å². The number of nitriles is 1. The molecular formula is C23H13Br2Cl2N3O4. The number of hydrogen-bond acceptors (Lipinski definition) is 5.